The highest BCUT2D eigenvalue weighted by atomic mass is 35.5. The number of carbonyl (C=O) groups is 1. The Hall–Kier alpha value is -1.26. The first-order valence-electron chi connectivity index (χ1n) is 8.02. The average Bonchev–Trinajstić information content (AvgIpc) is 2.51. The van der Waals surface area contributed by atoms with Crippen LogP contribution in [0.1, 0.15) is 51.2 Å². The van der Waals surface area contributed by atoms with E-state index in [1.807, 2.05) is 13.0 Å². The number of methoxy groups -OCH3 is 1. The Morgan fingerprint density at radius 1 is 1.30 bits per heavy atom. The highest BCUT2D eigenvalue weighted by Crippen LogP contribution is 2.29. The summed E-state index contributed by atoms with van der Waals surface area (Å²) in [6.07, 6.45) is 2.21. The van der Waals surface area contributed by atoms with Crippen molar-refractivity contribution in [1.82, 2.24) is 5.32 Å². The zero-order valence-electron chi connectivity index (χ0n) is 14.9. The Morgan fingerprint density at radius 2 is 2.00 bits per heavy atom. The molecule has 0 radical (unpaired) electrons. The molecule has 132 valence electrons. The highest BCUT2D eigenvalue weighted by Gasteiger charge is 2.25. The number of aryl methyl sites for hydroxylation is 1. The second kappa shape index (κ2) is 10.5. The van der Waals surface area contributed by atoms with Crippen LogP contribution in [-0.2, 0) is 15.1 Å². The van der Waals surface area contributed by atoms with Crippen LogP contribution in [0.5, 0.6) is 5.75 Å². The molecule has 1 atom stereocenters. The van der Waals surface area contributed by atoms with E-state index < -0.39 is 0 Å². The molecule has 1 unspecified atom stereocenters. The molecule has 0 fully saturated rings. The first-order valence-corrected chi connectivity index (χ1v) is 8.02. The van der Waals surface area contributed by atoms with E-state index in [1.165, 1.54) is 11.1 Å². The summed E-state index contributed by atoms with van der Waals surface area (Å²) in [5, 5.41) is 3.59. The molecule has 0 heterocycles. The van der Waals surface area contributed by atoms with Crippen molar-refractivity contribution >= 4 is 18.4 Å². The number of benzene rings is 1. The maximum atomic E-state index is 11.4. The number of nitrogens with one attached hydrogen (secondary N) is 1. The molecule has 0 bridgehead atoms. The molecule has 0 amide bonds. The van der Waals surface area contributed by atoms with Gasteiger partial charge in [-0.1, -0.05) is 13.0 Å². The monoisotopic (exact) mass is 343 g/mol. The molecule has 0 aliphatic carbocycles. The van der Waals surface area contributed by atoms with Crippen molar-refractivity contribution in [1.29, 1.82) is 0 Å². The zero-order chi connectivity index (χ0) is 16.6. The molecule has 1 N–H and O–H groups in total. The lowest BCUT2D eigenvalue weighted by Crippen LogP contribution is -2.40. The standard InChI is InChI=1S/C18H29NO3.ClH/c1-6-18(4,19-12-8-9-17(20)22-7-2)16-11-10-15(21-5)13-14(16)3;/h10-11,13,19H,6-9,12H2,1-5H3;1H. The van der Waals surface area contributed by atoms with Crippen LogP contribution in [0.2, 0.25) is 0 Å². The van der Waals surface area contributed by atoms with E-state index in [0.717, 1.165) is 25.1 Å². The van der Waals surface area contributed by atoms with Crippen molar-refractivity contribution in [3.63, 3.8) is 0 Å². The average molecular weight is 344 g/mol. The van der Waals surface area contributed by atoms with Gasteiger partial charge in [-0.15, -0.1) is 12.4 Å². The third kappa shape index (κ3) is 6.40. The summed E-state index contributed by atoms with van der Waals surface area (Å²) in [5.41, 5.74) is 2.37. The van der Waals surface area contributed by atoms with Crippen LogP contribution in [0.15, 0.2) is 18.2 Å². The van der Waals surface area contributed by atoms with Gasteiger partial charge in [0.25, 0.3) is 0 Å². The van der Waals surface area contributed by atoms with E-state index >= 15 is 0 Å². The van der Waals surface area contributed by atoms with Crippen LogP contribution in [-0.4, -0.2) is 26.2 Å². The lowest BCUT2D eigenvalue weighted by atomic mass is 9.86. The Kier molecular flexibility index (Phi) is 9.93. The Morgan fingerprint density at radius 3 is 2.52 bits per heavy atom. The minimum absolute atomic E-state index is 0. The van der Waals surface area contributed by atoms with E-state index in [2.05, 4.69) is 38.2 Å². The summed E-state index contributed by atoms with van der Waals surface area (Å²) in [5.74, 6) is 0.755. The summed E-state index contributed by atoms with van der Waals surface area (Å²) < 4.78 is 10.2. The normalized spacial score (nSPS) is 12.9. The molecule has 0 saturated heterocycles. The fourth-order valence-corrected chi connectivity index (χ4v) is 2.62. The van der Waals surface area contributed by atoms with Gasteiger partial charge in [0.1, 0.15) is 5.75 Å². The molecule has 1 rings (SSSR count). The summed E-state index contributed by atoms with van der Waals surface area (Å²) in [6, 6.07) is 6.18. The molecule has 5 heteroatoms. The quantitative estimate of drug-likeness (QED) is 0.544. The summed E-state index contributed by atoms with van der Waals surface area (Å²) in [4.78, 5) is 11.4. The maximum Gasteiger partial charge on any atom is 0.305 e. The smallest absolute Gasteiger partial charge is 0.305 e. The fourth-order valence-electron chi connectivity index (χ4n) is 2.62. The van der Waals surface area contributed by atoms with Crippen molar-refractivity contribution in [2.24, 2.45) is 0 Å². The van der Waals surface area contributed by atoms with E-state index in [1.54, 1.807) is 7.11 Å². The number of hydrogen-bond acceptors (Lipinski definition) is 4. The maximum absolute atomic E-state index is 11.4. The third-order valence-electron chi connectivity index (χ3n) is 4.11. The van der Waals surface area contributed by atoms with Crippen LogP contribution in [0, 0.1) is 6.92 Å². The Labute approximate surface area is 146 Å². The number of rotatable bonds is 9. The topological polar surface area (TPSA) is 47.6 Å². The van der Waals surface area contributed by atoms with Crippen LogP contribution in [0.4, 0.5) is 0 Å². The van der Waals surface area contributed by atoms with E-state index in [0.29, 0.717) is 13.0 Å². The number of hydrogen-bond donors (Lipinski definition) is 1. The molecular weight excluding hydrogens is 314 g/mol. The summed E-state index contributed by atoms with van der Waals surface area (Å²) >= 11 is 0. The van der Waals surface area contributed by atoms with Gasteiger partial charge in [-0.3, -0.25) is 4.79 Å². The van der Waals surface area contributed by atoms with Crippen LogP contribution >= 0.6 is 12.4 Å². The van der Waals surface area contributed by atoms with Crippen LogP contribution in [0.3, 0.4) is 0 Å². The van der Waals surface area contributed by atoms with Crippen molar-refractivity contribution in [2.75, 3.05) is 20.3 Å². The van der Waals surface area contributed by atoms with Gasteiger partial charge in [0.05, 0.1) is 13.7 Å². The van der Waals surface area contributed by atoms with Gasteiger partial charge in [0, 0.05) is 12.0 Å². The zero-order valence-corrected chi connectivity index (χ0v) is 15.7. The predicted molar refractivity (Wildman–Crippen MR) is 96.5 cm³/mol. The van der Waals surface area contributed by atoms with Gasteiger partial charge >= 0.3 is 5.97 Å². The minimum atomic E-state index is -0.122. The fraction of sp³-hybridized carbons (Fsp3) is 0.611. The lowest BCUT2D eigenvalue weighted by Gasteiger charge is -2.32. The number of halogens is 1. The highest BCUT2D eigenvalue weighted by molar-refractivity contribution is 5.85. The number of ether oxygens (including phenoxy) is 2. The van der Waals surface area contributed by atoms with Gasteiger partial charge in [-0.25, -0.2) is 0 Å². The second-order valence-electron chi connectivity index (χ2n) is 5.70. The SMILES string of the molecule is CCOC(=O)CCCNC(C)(CC)c1ccc(OC)cc1C.Cl. The van der Waals surface area contributed by atoms with Crippen LogP contribution < -0.4 is 10.1 Å². The molecule has 23 heavy (non-hydrogen) atoms. The molecule has 0 aliphatic heterocycles. The molecule has 1 aromatic rings. The molecule has 4 nitrogen and oxygen atoms in total. The van der Waals surface area contributed by atoms with Crippen molar-refractivity contribution in [2.45, 2.75) is 52.5 Å². The van der Waals surface area contributed by atoms with Crippen LogP contribution in [0.25, 0.3) is 0 Å². The van der Waals surface area contributed by atoms with Gasteiger partial charge in [-0.05, 0) is 63.4 Å². The molecule has 0 aliphatic rings. The molecule has 0 spiro atoms. The lowest BCUT2D eigenvalue weighted by molar-refractivity contribution is -0.143. The molecular formula is C18H30ClNO3. The Bertz CT molecular complexity index is 493. The van der Waals surface area contributed by atoms with E-state index in [-0.39, 0.29) is 23.9 Å². The number of esters is 1. The summed E-state index contributed by atoms with van der Waals surface area (Å²) in [7, 11) is 1.68. The van der Waals surface area contributed by atoms with Gasteiger partial charge in [0.15, 0.2) is 0 Å². The molecule has 0 aromatic heterocycles. The summed E-state index contributed by atoms with van der Waals surface area (Å²) in [6.45, 7) is 9.54. The van der Waals surface area contributed by atoms with Gasteiger partial charge < -0.3 is 14.8 Å². The first kappa shape index (κ1) is 21.7. The molecule has 1 aromatic carbocycles. The van der Waals surface area contributed by atoms with Crippen molar-refractivity contribution in [3.8, 4) is 5.75 Å². The largest absolute Gasteiger partial charge is 0.497 e. The number of carbonyl (C=O) groups excluding carboxylic acids is 1. The van der Waals surface area contributed by atoms with E-state index in [4.69, 9.17) is 9.47 Å². The second-order valence-corrected chi connectivity index (χ2v) is 5.70. The predicted octanol–water partition coefficient (Wildman–Crippen LogP) is 3.98. The first-order chi connectivity index (χ1) is 10.5. The van der Waals surface area contributed by atoms with E-state index in [9.17, 15) is 4.79 Å². The molecule has 0 saturated carbocycles. The minimum Gasteiger partial charge on any atom is -0.497 e. The van der Waals surface area contributed by atoms with Crippen molar-refractivity contribution < 1.29 is 14.3 Å². The van der Waals surface area contributed by atoms with Gasteiger partial charge in [0.2, 0.25) is 0 Å². The third-order valence-corrected chi connectivity index (χ3v) is 4.11. The Balaban J connectivity index is 0.00000484. The van der Waals surface area contributed by atoms with Gasteiger partial charge in [-0.2, -0.15) is 0 Å². The van der Waals surface area contributed by atoms with Crippen molar-refractivity contribution in [3.05, 3.63) is 29.3 Å².